The van der Waals surface area contributed by atoms with Crippen LogP contribution in [0.15, 0.2) is 28.7 Å². The van der Waals surface area contributed by atoms with Crippen molar-refractivity contribution in [2.45, 2.75) is 6.10 Å². The molecular formula is C14H18BrN3O3. The lowest BCUT2D eigenvalue weighted by Gasteiger charge is -2.33. The van der Waals surface area contributed by atoms with Gasteiger partial charge in [0, 0.05) is 11.0 Å². The molecule has 0 aliphatic carbocycles. The van der Waals surface area contributed by atoms with Gasteiger partial charge in [-0.15, -0.1) is 0 Å². The van der Waals surface area contributed by atoms with Gasteiger partial charge >= 0.3 is 0 Å². The summed E-state index contributed by atoms with van der Waals surface area (Å²) < 4.78 is 6.70. The van der Waals surface area contributed by atoms with Crippen LogP contribution >= 0.6 is 15.9 Å². The Kier molecular flexibility index (Phi) is 5.72. The molecule has 0 bridgehead atoms. The number of hydrogen-bond acceptors (Lipinski definition) is 4. The SMILES string of the molecule is NCC(=O)NCC(=O)N1CCOC(c2cccc(Br)c2)C1. The molecule has 6 nitrogen and oxygen atoms in total. The van der Waals surface area contributed by atoms with Gasteiger partial charge in [0.15, 0.2) is 0 Å². The number of carbonyl (C=O) groups is 2. The van der Waals surface area contributed by atoms with E-state index in [0.29, 0.717) is 19.7 Å². The second-order valence-electron chi connectivity index (χ2n) is 4.74. The Bertz CT molecular complexity index is 524. The highest BCUT2D eigenvalue weighted by Gasteiger charge is 2.25. The number of benzene rings is 1. The van der Waals surface area contributed by atoms with Crippen LogP contribution in [0, 0.1) is 0 Å². The Morgan fingerprint density at radius 2 is 2.29 bits per heavy atom. The summed E-state index contributed by atoms with van der Waals surface area (Å²) in [6, 6.07) is 7.83. The van der Waals surface area contributed by atoms with Crippen LogP contribution in [0.4, 0.5) is 0 Å². The minimum atomic E-state index is -0.333. The molecule has 1 aromatic carbocycles. The summed E-state index contributed by atoms with van der Waals surface area (Å²) in [5.74, 6) is -0.458. The van der Waals surface area contributed by atoms with Crippen LogP contribution in [0.3, 0.4) is 0 Å². The Labute approximate surface area is 131 Å². The molecule has 1 aliphatic heterocycles. The third-order valence-electron chi connectivity index (χ3n) is 3.26. The Morgan fingerprint density at radius 3 is 3.00 bits per heavy atom. The van der Waals surface area contributed by atoms with Crippen molar-refractivity contribution < 1.29 is 14.3 Å². The first-order valence-corrected chi connectivity index (χ1v) is 7.51. The number of halogens is 1. The van der Waals surface area contributed by atoms with Gasteiger partial charge < -0.3 is 20.7 Å². The molecule has 1 heterocycles. The molecule has 0 radical (unpaired) electrons. The van der Waals surface area contributed by atoms with E-state index in [4.69, 9.17) is 10.5 Å². The zero-order chi connectivity index (χ0) is 15.2. The Morgan fingerprint density at radius 1 is 1.48 bits per heavy atom. The van der Waals surface area contributed by atoms with Gasteiger partial charge in [-0.05, 0) is 17.7 Å². The lowest BCUT2D eigenvalue weighted by Crippen LogP contribution is -2.47. The van der Waals surface area contributed by atoms with E-state index >= 15 is 0 Å². The minimum Gasteiger partial charge on any atom is -0.370 e. The van der Waals surface area contributed by atoms with Crippen molar-refractivity contribution in [3.63, 3.8) is 0 Å². The largest absolute Gasteiger partial charge is 0.370 e. The zero-order valence-electron chi connectivity index (χ0n) is 11.5. The molecule has 1 aromatic rings. The molecule has 1 atom stereocenters. The quantitative estimate of drug-likeness (QED) is 0.819. The number of carbonyl (C=O) groups excluding carboxylic acids is 2. The van der Waals surface area contributed by atoms with Gasteiger partial charge in [0.25, 0.3) is 0 Å². The summed E-state index contributed by atoms with van der Waals surface area (Å²) in [7, 11) is 0. The predicted octanol–water partition coefficient (Wildman–Crippen LogP) is 0.424. The van der Waals surface area contributed by atoms with Gasteiger partial charge in [-0.2, -0.15) is 0 Å². The van der Waals surface area contributed by atoms with Crippen LogP contribution in [0.5, 0.6) is 0 Å². The molecule has 0 aromatic heterocycles. The van der Waals surface area contributed by atoms with E-state index in [1.165, 1.54) is 0 Å². The fourth-order valence-corrected chi connectivity index (χ4v) is 2.56. The Hall–Kier alpha value is -1.44. The maximum Gasteiger partial charge on any atom is 0.242 e. The van der Waals surface area contributed by atoms with Crippen LogP contribution in [0.1, 0.15) is 11.7 Å². The van der Waals surface area contributed by atoms with Crippen LogP contribution in [0.25, 0.3) is 0 Å². The van der Waals surface area contributed by atoms with Crippen molar-refractivity contribution >= 4 is 27.7 Å². The predicted molar refractivity (Wildman–Crippen MR) is 81.5 cm³/mol. The normalized spacial score (nSPS) is 18.4. The summed E-state index contributed by atoms with van der Waals surface area (Å²) in [5, 5.41) is 2.49. The highest BCUT2D eigenvalue weighted by Crippen LogP contribution is 2.24. The maximum atomic E-state index is 12.1. The van der Waals surface area contributed by atoms with E-state index in [-0.39, 0.29) is 31.0 Å². The average molecular weight is 356 g/mol. The molecule has 1 unspecified atom stereocenters. The van der Waals surface area contributed by atoms with Crippen molar-refractivity contribution in [2.75, 3.05) is 32.8 Å². The number of nitrogens with two attached hydrogens (primary N) is 1. The molecule has 3 N–H and O–H groups in total. The zero-order valence-corrected chi connectivity index (χ0v) is 13.1. The highest BCUT2D eigenvalue weighted by molar-refractivity contribution is 9.10. The molecule has 7 heteroatoms. The van der Waals surface area contributed by atoms with Crippen molar-refractivity contribution in [1.82, 2.24) is 10.2 Å². The summed E-state index contributed by atoms with van der Waals surface area (Å²) in [6.07, 6.45) is -0.148. The van der Waals surface area contributed by atoms with E-state index in [1.807, 2.05) is 24.3 Å². The third kappa shape index (κ3) is 4.52. The number of nitrogens with zero attached hydrogens (tertiary/aromatic N) is 1. The molecular weight excluding hydrogens is 338 g/mol. The van der Waals surface area contributed by atoms with Crippen LogP contribution in [-0.4, -0.2) is 49.5 Å². The van der Waals surface area contributed by atoms with Crippen molar-refractivity contribution in [1.29, 1.82) is 0 Å². The van der Waals surface area contributed by atoms with E-state index < -0.39 is 0 Å². The third-order valence-corrected chi connectivity index (χ3v) is 3.76. The number of rotatable bonds is 4. The van der Waals surface area contributed by atoms with Gasteiger partial charge in [0.1, 0.15) is 6.10 Å². The van der Waals surface area contributed by atoms with Crippen LogP contribution < -0.4 is 11.1 Å². The average Bonchev–Trinajstić information content (AvgIpc) is 2.52. The fourth-order valence-electron chi connectivity index (χ4n) is 2.14. The number of ether oxygens (including phenoxy) is 1. The lowest BCUT2D eigenvalue weighted by molar-refractivity contribution is -0.139. The van der Waals surface area contributed by atoms with Crippen molar-refractivity contribution in [2.24, 2.45) is 5.73 Å². The molecule has 1 fully saturated rings. The van der Waals surface area contributed by atoms with Gasteiger partial charge in [-0.3, -0.25) is 9.59 Å². The molecule has 114 valence electrons. The van der Waals surface area contributed by atoms with Gasteiger partial charge in [0.2, 0.25) is 11.8 Å². The molecule has 1 saturated heterocycles. The maximum absolute atomic E-state index is 12.1. The van der Waals surface area contributed by atoms with Gasteiger partial charge in [-0.25, -0.2) is 0 Å². The summed E-state index contributed by atoms with van der Waals surface area (Å²) in [4.78, 5) is 24.9. The second kappa shape index (κ2) is 7.53. The molecule has 2 rings (SSSR count). The van der Waals surface area contributed by atoms with E-state index in [0.717, 1.165) is 10.0 Å². The molecule has 0 saturated carbocycles. The van der Waals surface area contributed by atoms with E-state index in [2.05, 4.69) is 21.2 Å². The summed E-state index contributed by atoms with van der Waals surface area (Å²) >= 11 is 3.43. The second-order valence-corrected chi connectivity index (χ2v) is 5.65. The Balaban J connectivity index is 1.94. The summed E-state index contributed by atoms with van der Waals surface area (Å²) in [5.41, 5.74) is 6.21. The van der Waals surface area contributed by atoms with Gasteiger partial charge in [0.05, 0.1) is 26.2 Å². The topological polar surface area (TPSA) is 84.7 Å². The number of morpholine rings is 1. The monoisotopic (exact) mass is 355 g/mol. The van der Waals surface area contributed by atoms with Crippen molar-refractivity contribution in [3.8, 4) is 0 Å². The highest BCUT2D eigenvalue weighted by atomic mass is 79.9. The number of nitrogens with one attached hydrogen (secondary N) is 1. The van der Waals surface area contributed by atoms with E-state index in [1.54, 1.807) is 4.90 Å². The molecule has 2 amide bonds. The van der Waals surface area contributed by atoms with Gasteiger partial charge in [-0.1, -0.05) is 28.1 Å². The first-order chi connectivity index (χ1) is 10.1. The van der Waals surface area contributed by atoms with Crippen LogP contribution in [-0.2, 0) is 14.3 Å². The van der Waals surface area contributed by atoms with Crippen molar-refractivity contribution in [3.05, 3.63) is 34.3 Å². The fraction of sp³-hybridized carbons (Fsp3) is 0.429. The minimum absolute atomic E-state index is 0.0266. The van der Waals surface area contributed by atoms with Crippen LogP contribution in [0.2, 0.25) is 0 Å². The number of amides is 2. The van der Waals surface area contributed by atoms with E-state index in [9.17, 15) is 9.59 Å². The first-order valence-electron chi connectivity index (χ1n) is 6.71. The first kappa shape index (κ1) is 15.9. The standard InChI is InChI=1S/C14H18BrN3O3/c15-11-3-1-2-10(6-11)12-9-18(4-5-21-12)14(20)8-17-13(19)7-16/h1-3,6,12H,4-5,7-9,16H2,(H,17,19). The smallest absolute Gasteiger partial charge is 0.242 e. The molecule has 1 aliphatic rings. The lowest BCUT2D eigenvalue weighted by atomic mass is 10.1. The number of hydrogen-bond donors (Lipinski definition) is 2. The molecule has 21 heavy (non-hydrogen) atoms. The summed E-state index contributed by atoms with van der Waals surface area (Å²) in [6.45, 7) is 1.35. The molecule has 0 spiro atoms.